The van der Waals surface area contributed by atoms with Crippen molar-refractivity contribution in [2.75, 3.05) is 18.5 Å². The molecule has 8 nitrogen and oxygen atoms in total. The summed E-state index contributed by atoms with van der Waals surface area (Å²) in [6.07, 6.45) is 5.58. The van der Waals surface area contributed by atoms with Gasteiger partial charge in [-0.15, -0.1) is 0 Å². The molecule has 146 valence electrons. The summed E-state index contributed by atoms with van der Waals surface area (Å²) in [4.78, 5) is 8.73. The van der Waals surface area contributed by atoms with Gasteiger partial charge in [-0.25, -0.2) is 9.97 Å². The highest BCUT2D eigenvalue weighted by molar-refractivity contribution is 6.32. The molecule has 0 unspecified atom stereocenters. The van der Waals surface area contributed by atoms with Gasteiger partial charge in [0.15, 0.2) is 6.29 Å². The van der Waals surface area contributed by atoms with Gasteiger partial charge in [0.1, 0.15) is 0 Å². The monoisotopic (exact) mass is 401 g/mol. The molecular weight excluding hydrogens is 382 g/mol. The maximum absolute atomic E-state index is 9.22. The number of nitrogens with zero attached hydrogens (tertiary/aromatic N) is 4. The smallest absolute Gasteiger partial charge is 0.227 e. The lowest BCUT2D eigenvalue weighted by molar-refractivity contribution is -0.0424. The minimum atomic E-state index is -1.51. The van der Waals surface area contributed by atoms with Gasteiger partial charge in [-0.2, -0.15) is 5.10 Å². The van der Waals surface area contributed by atoms with Crippen LogP contribution in [0, 0.1) is 0 Å². The molecule has 0 spiro atoms. The number of ether oxygens (including phenoxy) is 1. The van der Waals surface area contributed by atoms with E-state index in [0.717, 1.165) is 37.3 Å². The highest BCUT2D eigenvalue weighted by Gasteiger charge is 2.17. The van der Waals surface area contributed by atoms with Crippen LogP contribution < -0.4 is 5.32 Å². The molecule has 4 rings (SSSR count). The molecule has 0 radical (unpaired) electrons. The average Bonchev–Trinajstić information content (AvgIpc) is 3.19. The van der Waals surface area contributed by atoms with Gasteiger partial charge in [0.05, 0.1) is 34.8 Å². The van der Waals surface area contributed by atoms with Gasteiger partial charge in [0.2, 0.25) is 5.95 Å². The summed E-state index contributed by atoms with van der Waals surface area (Å²) < 4.78 is 7.34. The minimum absolute atomic E-state index is 0.339. The molecule has 28 heavy (non-hydrogen) atoms. The molecule has 1 aromatic carbocycles. The average molecular weight is 402 g/mol. The number of nitrogens with one attached hydrogen (secondary N) is 1. The van der Waals surface area contributed by atoms with E-state index in [1.807, 2.05) is 10.9 Å². The number of hydrogen-bond acceptors (Lipinski definition) is 7. The fourth-order valence-electron chi connectivity index (χ4n) is 3.12. The summed E-state index contributed by atoms with van der Waals surface area (Å²) >= 11 is 6.26. The maximum atomic E-state index is 9.22. The van der Waals surface area contributed by atoms with E-state index >= 15 is 0 Å². The van der Waals surface area contributed by atoms with Crippen molar-refractivity contribution >= 4 is 23.2 Å². The normalized spacial score (nSPS) is 15.1. The van der Waals surface area contributed by atoms with Crippen LogP contribution in [0.15, 0.2) is 42.9 Å². The number of anilines is 2. The van der Waals surface area contributed by atoms with Crippen LogP contribution in [0.3, 0.4) is 0 Å². The van der Waals surface area contributed by atoms with E-state index in [0.29, 0.717) is 28.3 Å². The lowest BCUT2D eigenvalue weighted by atomic mass is 10.1. The number of benzene rings is 1. The molecule has 9 heteroatoms. The van der Waals surface area contributed by atoms with Gasteiger partial charge in [0, 0.05) is 30.5 Å². The van der Waals surface area contributed by atoms with Crippen molar-refractivity contribution in [2.45, 2.75) is 25.2 Å². The van der Waals surface area contributed by atoms with Gasteiger partial charge in [0.25, 0.3) is 0 Å². The van der Waals surface area contributed by atoms with Gasteiger partial charge >= 0.3 is 0 Å². The van der Waals surface area contributed by atoms with Crippen molar-refractivity contribution in [3.05, 3.63) is 53.4 Å². The Hall–Kier alpha value is -2.52. The molecule has 1 saturated heterocycles. The molecule has 3 N–H and O–H groups in total. The zero-order valence-corrected chi connectivity index (χ0v) is 15.8. The molecule has 0 bridgehead atoms. The van der Waals surface area contributed by atoms with E-state index in [4.69, 9.17) is 16.3 Å². The Morgan fingerprint density at radius 1 is 1.14 bits per heavy atom. The van der Waals surface area contributed by atoms with Gasteiger partial charge < -0.3 is 20.3 Å². The van der Waals surface area contributed by atoms with Crippen LogP contribution in [0.4, 0.5) is 11.6 Å². The molecule has 3 heterocycles. The fraction of sp³-hybridized carbons (Fsp3) is 0.316. The maximum Gasteiger partial charge on any atom is 0.227 e. The Labute approximate surface area is 166 Å². The van der Waals surface area contributed by atoms with Crippen molar-refractivity contribution in [3.63, 3.8) is 0 Å². The first-order valence-electron chi connectivity index (χ1n) is 8.98. The minimum Gasteiger partial charge on any atom is -0.381 e. The van der Waals surface area contributed by atoms with Gasteiger partial charge in [-0.3, -0.25) is 4.68 Å². The lowest BCUT2D eigenvalue weighted by Crippen LogP contribution is -2.19. The molecule has 0 amide bonds. The van der Waals surface area contributed by atoms with Crippen LogP contribution in [-0.4, -0.2) is 43.2 Å². The number of hydrogen-bond donors (Lipinski definition) is 3. The first-order chi connectivity index (χ1) is 13.6. The van der Waals surface area contributed by atoms with Crippen molar-refractivity contribution in [2.24, 2.45) is 0 Å². The van der Waals surface area contributed by atoms with Crippen LogP contribution in [0.25, 0.3) is 11.3 Å². The van der Waals surface area contributed by atoms with Crippen LogP contribution in [0.1, 0.15) is 30.7 Å². The molecule has 1 aliphatic heterocycles. The molecule has 3 aromatic rings. The third-order valence-corrected chi connectivity index (χ3v) is 4.93. The summed E-state index contributed by atoms with van der Waals surface area (Å²) in [5.74, 6) is 0.400. The fourth-order valence-corrected chi connectivity index (χ4v) is 3.32. The molecule has 0 atom stereocenters. The Balaban J connectivity index is 1.53. The zero-order valence-electron chi connectivity index (χ0n) is 15.0. The predicted molar refractivity (Wildman–Crippen MR) is 104 cm³/mol. The largest absolute Gasteiger partial charge is 0.381 e. The van der Waals surface area contributed by atoms with Gasteiger partial charge in [-0.05, 0) is 12.8 Å². The van der Waals surface area contributed by atoms with Crippen molar-refractivity contribution < 1.29 is 14.9 Å². The van der Waals surface area contributed by atoms with Crippen LogP contribution >= 0.6 is 11.6 Å². The van der Waals surface area contributed by atoms with Crippen LogP contribution in [-0.2, 0) is 4.74 Å². The number of aromatic nitrogens is 4. The second-order valence-corrected chi connectivity index (χ2v) is 6.97. The third kappa shape index (κ3) is 4.15. The Morgan fingerprint density at radius 2 is 1.89 bits per heavy atom. The zero-order chi connectivity index (χ0) is 19.5. The third-order valence-electron chi connectivity index (χ3n) is 4.65. The number of halogens is 1. The molecule has 1 fully saturated rings. The van der Waals surface area contributed by atoms with E-state index in [1.54, 1.807) is 30.5 Å². The summed E-state index contributed by atoms with van der Waals surface area (Å²) in [5.41, 5.74) is 2.49. The molecule has 1 aliphatic rings. The highest BCUT2D eigenvalue weighted by atomic mass is 35.5. The predicted octanol–water partition coefficient (Wildman–Crippen LogP) is 3.07. The first kappa shape index (κ1) is 18.8. The number of rotatable bonds is 5. The van der Waals surface area contributed by atoms with E-state index in [2.05, 4.69) is 20.4 Å². The topological polar surface area (TPSA) is 105 Å². The lowest BCUT2D eigenvalue weighted by Gasteiger charge is -2.22. The van der Waals surface area contributed by atoms with Crippen LogP contribution in [0.2, 0.25) is 5.02 Å². The molecule has 2 aromatic heterocycles. The Kier molecular flexibility index (Phi) is 5.54. The second kappa shape index (κ2) is 8.24. The quantitative estimate of drug-likeness (QED) is 0.564. The first-order valence-corrected chi connectivity index (χ1v) is 9.36. The summed E-state index contributed by atoms with van der Waals surface area (Å²) in [5, 5.41) is 26.4. The van der Waals surface area contributed by atoms with Crippen molar-refractivity contribution in [3.8, 4) is 11.3 Å². The summed E-state index contributed by atoms with van der Waals surface area (Å²) in [6, 6.07) is 7.03. The second-order valence-electron chi connectivity index (χ2n) is 6.56. The molecular formula is C19H20ClN5O3. The highest BCUT2D eigenvalue weighted by Crippen LogP contribution is 2.28. The Morgan fingerprint density at radius 3 is 2.61 bits per heavy atom. The standard InChI is InChI=1S/C19H20ClN5O3/c20-16-10-21-19(24-17(16)12-1-3-13(4-2-12)18(26)27)23-14-9-22-25(11-14)15-5-7-28-8-6-15/h1-4,9-11,15,18,26-27H,5-8H2,(H,21,23,24). The van der Waals surface area contributed by atoms with Crippen molar-refractivity contribution in [1.82, 2.24) is 19.7 Å². The summed E-state index contributed by atoms with van der Waals surface area (Å²) in [6.45, 7) is 1.51. The van der Waals surface area contributed by atoms with E-state index in [1.165, 1.54) is 6.20 Å². The number of aliphatic hydroxyl groups is 2. The van der Waals surface area contributed by atoms with E-state index in [9.17, 15) is 10.2 Å². The number of aliphatic hydroxyl groups excluding tert-OH is 1. The van der Waals surface area contributed by atoms with E-state index < -0.39 is 6.29 Å². The Bertz CT molecular complexity index is 939. The summed E-state index contributed by atoms with van der Waals surface area (Å²) in [7, 11) is 0. The molecule has 0 saturated carbocycles. The van der Waals surface area contributed by atoms with Crippen molar-refractivity contribution in [1.29, 1.82) is 0 Å². The van der Waals surface area contributed by atoms with E-state index in [-0.39, 0.29) is 0 Å². The SMILES string of the molecule is OC(O)c1ccc(-c2nc(Nc3cnn(C4CCOCC4)c3)ncc2Cl)cc1. The molecule has 0 aliphatic carbocycles. The van der Waals surface area contributed by atoms with Gasteiger partial charge in [-0.1, -0.05) is 35.9 Å². The van der Waals surface area contributed by atoms with Crippen LogP contribution in [0.5, 0.6) is 0 Å².